The van der Waals surface area contributed by atoms with Gasteiger partial charge in [-0.25, -0.2) is 4.79 Å². The van der Waals surface area contributed by atoms with Crippen molar-refractivity contribution in [3.05, 3.63) is 78.4 Å². The smallest absolute Gasteiger partial charge is 0.342 e. The summed E-state index contributed by atoms with van der Waals surface area (Å²) in [6.07, 6.45) is 0. The van der Waals surface area contributed by atoms with Crippen molar-refractivity contribution in [2.75, 3.05) is 18.7 Å². The molecule has 1 aliphatic rings. The van der Waals surface area contributed by atoms with E-state index in [2.05, 4.69) is 5.32 Å². The third-order valence-corrected chi connectivity index (χ3v) is 4.07. The van der Waals surface area contributed by atoms with Crippen LogP contribution in [-0.4, -0.2) is 25.3 Å². The molecule has 4 rings (SSSR count). The lowest BCUT2D eigenvalue weighted by Gasteiger charge is -2.11. The summed E-state index contributed by atoms with van der Waals surface area (Å²) in [5, 5.41) is 2.65. The van der Waals surface area contributed by atoms with Gasteiger partial charge in [-0.15, -0.1) is 0 Å². The highest BCUT2D eigenvalue weighted by molar-refractivity contribution is 5.97. The fourth-order valence-corrected chi connectivity index (χ4v) is 2.72. The number of amides is 1. The maximum Gasteiger partial charge on any atom is 0.342 e. The van der Waals surface area contributed by atoms with Crippen molar-refractivity contribution in [3.63, 3.8) is 0 Å². The van der Waals surface area contributed by atoms with Crippen LogP contribution >= 0.6 is 0 Å². The Kier molecular flexibility index (Phi) is 5.29. The van der Waals surface area contributed by atoms with Crippen LogP contribution in [0.3, 0.4) is 0 Å². The summed E-state index contributed by atoms with van der Waals surface area (Å²) in [5.41, 5.74) is 0.746. The first-order valence-electron chi connectivity index (χ1n) is 8.87. The Balaban J connectivity index is 1.36. The van der Waals surface area contributed by atoms with Crippen LogP contribution in [0.1, 0.15) is 10.4 Å². The maximum atomic E-state index is 12.4. The number of ether oxygens (including phenoxy) is 4. The Bertz CT molecular complexity index is 1030. The van der Waals surface area contributed by atoms with Crippen LogP contribution in [0.4, 0.5) is 5.69 Å². The molecule has 0 aliphatic carbocycles. The first kappa shape index (κ1) is 18.4. The standard InChI is InChI=1S/C22H17NO6/c24-21(23-15-10-11-19-20(12-15)28-14-27-19)13-26-22(25)17-8-4-5-9-18(17)29-16-6-2-1-3-7-16/h1-12H,13-14H2,(H,23,24). The van der Waals surface area contributed by atoms with Crippen LogP contribution in [-0.2, 0) is 9.53 Å². The summed E-state index contributed by atoms with van der Waals surface area (Å²) in [6.45, 7) is -0.290. The van der Waals surface area contributed by atoms with Crippen molar-refractivity contribution in [2.45, 2.75) is 0 Å². The van der Waals surface area contributed by atoms with Crippen molar-refractivity contribution in [1.29, 1.82) is 0 Å². The fraction of sp³-hybridized carbons (Fsp3) is 0.0909. The highest BCUT2D eigenvalue weighted by Gasteiger charge is 2.17. The van der Waals surface area contributed by atoms with Crippen LogP contribution in [0, 0.1) is 0 Å². The van der Waals surface area contributed by atoms with Crippen molar-refractivity contribution >= 4 is 17.6 Å². The van der Waals surface area contributed by atoms with Crippen molar-refractivity contribution in [2.24, 2.45) is 0 Å². The highest BCUT2D eigenvalue weighted by atomic mass is 16.7. The van der Waals surface area contributed by atoms with E-state index in [9.17, 15) is 9.59 Å². The van der Waals surface area contributed by atoms with E-state index in [1.54, 1.807) is 54.6 Å². The molecule has 0 saturated carbocycles. The number of nitrogens with one attached hydrogen (secondary N) is 1. The second-order valence-corrected chi connectivity index (χ2v) is 6.10. The van der Waals surface area contributed by atoms with E-state index in [-0.39, 0.29) is 12.4 Å². The van der Waals surface area contributed by atoms with Crippen molar-refractivity contribution in [1.82, 2.24) is 0 Å². The Morgan fingerprint density at radius 1 is 0.897 bits per heavy atom. The van der Waals surface area contributed by atoms with Gasteiger partial charge in [0.2, 0.25) is 6.79 Å². The fourth-order valence-electron chi connectivity index (χ4n) is 2.72. The predicted octanol–water partition coefficient (Wildman–Crippen LogP) is 4.00. The number of esters is 1. The van der Waals surface area contributed by atoms with Crippen LogP contribution in [0.15, 0.2) is 72.8 Å². The van der Waals surface area contributed by atoms with E-state index in [0.29, 0.717) is 28.7 Å². The molecule has 7 nitrogen and oxygen atoms in total. The summed E-state index contributed by atoms with van der Waals surface area (Å²) in [6, 6.07) is 20.8. The molecule has 7 heteroatoms. The van der Waals surface area contributed by atoms with Gasteiger partial charge in [-0.2, -0.15) is 0 Å². The average molecular weight is 391 g/mol. The van der Waals surface area contributed by atoms with E-state index < -0.39 is 18.5 Å². The molecular formula is C22H17NO6. The van der Waals surface area contributed by atoms with Gasteiger partial charge in [0.15, 0.2) is 18.1 Å². The van der Waals surface area contributed by atoms with Gasteiger partial charge >= 0.3 is 5.97 Å². The quantitative estimate of drug-likeness (QED) is 0.640. The molecule has 1 N–H and O–H groups in total. The van der Waals surface area contributed by atoms with Gasteiger partial charge in [-0.05, 0) is 36.4 Å². The topological polar surface area (TPSA) is 83.1 Å². The molecule has 1 aliphatic heterocycles. The number of hydrogen-bond acceptors (Lipinski definition) is 6. The van der Waals surface area contributed by atoms with Gasteiger partial charge in [-0.1, -0.05) is 30.3 Å². The molecule has 146 valence electrons. The number of para-hydroxylation sites is 2. The van der Waals surface area contributed by atoms with Crippen LogP contribution < -0.4 is 19.5 Å². The summed E-state index contributed by atoms with van der Waals surface area (Å²) >= 11 is 0. The van der Waals surface area contributed by atoms with Crippen molar-refractivity contribution < 1.29 is 28.5 Å². The summed E-state index contributed by atoms with van der Waals surface area (Å²) in [4.78, 5) is 24.6. The molecule has 0 aromatic heterocycles. The molecule has 0 spiro atoms. The van der Waals surface area contributed by atoms with E-state index in [0.717, 1.165) is 0 Å². The SMILES string of the molecule is O=C(COC(=O)c1ccccc1Oc1ccccc1)Nc1ccc2c(c1)OCO2. The second-order valence-electron chi connectivity index (χ2n) is 6.10. The van der Waals surface area contributed by atoms with Crippen LogP contribution in [0.5, 0.6) is 23.0 Å². The number of carbonyl (C=O) groups is 2. The summed E-state index contributed by atoms with van der Waals surface area (Å²) < 4.78 is 21.4. The lowest BCUT2D eigenvalue weighted by molar-refractivity contribution is -0.119. The molecule has 3 aromatic rings. The summed E-state index contributed by atoms with van der Waals surface area (Å²) in [5.74, 6) is 0.973. The van der Waals surface area contributed by atoms with Gasteiger partial charge in [0.05, 0.1) is 0 Å². The zero-order valence-electron chi connectivity index (χ0n) is 15.3. The Morgan fingerprint density at radius 3 is 2.52 bits per heavy atom. The number of carbonyl (C=O) groups excluding carboxylic acids is 2. The highest BCUT2D eigenvalue weighted by Crippen LogP contribution is 2.34. The lowest BCUT2D eigenvalue weighted by Crippen LogP contribution is -2.21. The van der Waals surface area contributed by atoms with E-state index in [1.165, 1.54) is 0 Å². The Labute approximate surface area is 166 Å². The largest absolute Gasteiger partial charge is 0.456 e. The number of anilines is 1. The molecule has 0 fully saturated rings. The maximum absolute atomic E-state index is 12.4. The van der Waals surface area contributed by atoms with E-state index in [4.69, 9.17) is 18.9 Å². The van der Waals surface area contributed by atoms with Crippen LogP contribution in [0.25, 0.3) is 0 Å². The molecule has 0 radical (unpaired) electrons. The van der Waals surface area contributed by atoms with E-state index in [1.807, 2.05) is 18.2 Å². The lowest BCUT2D eigenvalue weighted by atomic mass is 10.2. The Morgan fingerprint density at radius 2 is 1.66 bits per heavy atom. The monoisotopic (exact) mass is 391 g/mol. The molecule has 29 heavy (non-hydrogen) atoms. The number of fused-ring (bicyclic) bond motifs is 1. The van der Waals surface area contributed by atoms with Gasteiger partial charge in [0.1, 0.15) is 17.1 Å². The summed E-state index contributed by atoms with van der Waals surface area (Å²) in [7, 11) is 0. The third kappa shape index (κ3) is 4.47. The minimum atomic E-state index is -0.655. The zero-order valence-corrected chi connectivity index (χ0v) is 15.3. The van der Waals surface area contributed by atoms with Gasteiger partial charge < -0.3 is 24.3 Å². The number of benzene rings is 3. The van der Waals surface area contributed by atoms with Gasteiger partial charge in [0.25, 0.3) is 5.91 Å². The normalized spacial score (nSPS) is 11.6. The molecule has 1 heterocycles. The molecule has 0 saturated heterocycles. The minimum Gasteiger partial charge on any atom is -0.456 e. The zero-order chi connectivity index (χ0) is 20.1. The molecule has 0 atom stereocenters. The predicted molar refractivity (Wildman–Crippen MR) is 104 cm³/mol. The van der Waals surface area contributed by atoms with E-state index >= 15 is 0 Å². The average Bonchev–Trinajstić information content (AvgIpc) is 3.21. The first-order chi connectivity index (χ1) is 14.2. The third-order valence-electron chi connectivity index (χ3n) is 4.07. The molecule has 0 unspecified atom stereocenters. The van der Waals surface area contributed by atoms with Gasteiger partial charge in [-0.3, -0.25) is 4.79 Å². The molecular weight excluding hydrogens is 374 g/mol. The number of rotatable bonds is 6. The molecule has 0 bridgehead atoms. The van der Waals surface area contributed by atoms with Gasteiger partial charge in [0, 0.05) is 11.8 Å². The number of hydrogen-bond donors (Lipinski definition) is 1. The second kappa shape index (κ2) is 8.35. The molecule has 3 aromatic carbocycles. The first-order valence-corrected chi connectivity index (χ1v) is 8.87. The Hall–Kier alpha value is -4.00. The molecule has 1 amide bonds. The minimum absolute atomic E-state index is 0.148. The van der Waals surface area contributed by atoms with Crippen LogP contribution in [0.2, 0.25) is 0 Å². The van der Waals surface area contributed by atoms with Crippen molar-refractivity contribution in [3.8, 4) is 23.0 Å².